The SMILES string of the molecule is CCCCN(CC)C(=O)C(C)=Cc1ccccc1. The van der Waals surface area contributed by atoms with E-state index >= 15 is 0 Å². The van der Waals surface area contributed by atoms with Crippen molar-refractivity contribution < 1.29 is 4.79 Å². The third-order valence-electron chi connectivity index (χ3n) is 2.97. The minimum absolute atomic E-state index is 0.148. The third kappa shape index (κ3) is 4.36. The molecule has 0 aromatic heterocycles. The molecule has 0 aliphatic heterocycles. The molecular formula is C16H23NO. The van der Waals surface area contributed by atoms with Gasteiger partial charge in [0.05, 0.1) is 0 Å². The molecule has 0 atom stereocenters. The highest BCUT2D eigenvalue weighted by molar-refractivity contribution is 5.97. The average Bonchev–Trinajstić information content (AvgIpc) is 2.40. The van der Waals surface area contributed by atoms with E-state index in [1.54, 1.807) is 0 Å². The zero-order valence-corrected chi connectivity index (χ0v) is 11.6. The predicted molar refractivity (Wildman–Crippen MR) is 77.3 cm³/mol. The van der Waals surface area contributed by atoms with Crippen LogP contribution in [0.25, 0.3) is 6.08 Å². The number of hydrogen-bond acceptors (Lipinski definition) is 1. The summed E-state index contributed by atoms with van der Waals surface area (Å²) in [4.78, 5) is 14.2. The highest BCUT2D eigenvalue weighted by atomic mass is 16.2. The van der Waals surface area contributed by atoms with Gasteiger partial charge in [0, 0.05) is 18.7 Å². The topological polar surface area (TPSA) is 20.3 Å². The third-order valence-corrected chi connectivity index (χ3v) is 2.97. The van der Waals surface area contributed by atoms with Gasteiger partial charge in [-0.2, -0.15) is 0 Å². The second kappa shape index (κ2) is 7.70. The molecule has 0 aliphatic carbocycles. The van der Waals surface area contributed by atoms with Crippen molar-refractivity contribution in [3.05, 3.63) is 41.5 Å². The fourth-order valence-electron chi connectivity index (χ4n) is 1.86. The number of likely N-dealkylation sites (N-methyl/N-ethyl adjacent to an activating group) is 1. The van der Waals surface area contributed by atoms with Gasteiger partial charge in [0.25, 0.3) is 0 Å². The van der Waals surface area contributed by atoms with Gasteiger partial charge >= 0.3 is 0 Å². The van der Waals surface area contributed by atoms with Gasteiger partial charge in [0.2, 0.25) is 5.91 Å². The van der Waals surface area contributed by atoms with Gasteiger partial charge in [-0.05, 0) is 31.9 Å². The molecule has 0 bridgehead atoms. The summed E-state index contributed by atoms with van der Waals surface area (Å²) in [5.41, 5.74) is 1.88. The molecule has 0 spiro atoms. The Balaban J connectivity index is 2.73. The number of carbonyl (C=O) groups excluding carboxylic acids is 1. The fourth-order valence-corrected chi connectivity index (χ4v) is 1.86. The molecule has 1 rings (SSSR count). The number of rotatable bonds is 6. The van der Waals surface area contributed by atoms with E-state index in [4.69, 9.17) is 0 Å². The van der Waals surface area contributed by atoms with Gasteiger partial charge in [0.1, 0.15) is 0 Å². The van der Waals surface area contributed by atoms with E-state index in [0.29, 0.717) is 0 Å². The van der Waals surface area contributed by atoms with Gasteiger partial charge in [-0.1, -0.05) is 43.7 Å². The molecule has 0 unspecified atom stereocenters. The van der Waals surface area contributed by atoms with Gasteiger partial charge in [-0.15, -0.1) is 0 Å². The molecule has 1 aromatic carbocycles. The molecule has 18 heavy (non-hydrogen) atoms. The summed E-state index contributed by atoms with van der Waals surface area (Å²) in [6, 6.07) is 9.98. The molecule has 0 radical (unpaired) electrons. The van der Waals surface area contributed by atoms with Crippen LogP contribution in [-0.4, -0.2) is 23.9 Å². The second-order valence-corrected chi connectivity index (χ2v) is 4.48. The molecule has 0 saturated carbocycles. The molecule has 0 aliphatic rings. The molecule has 0 heterocycles. The van der Waals surface area contributed by atoms with E-state index in [9.17, 15) is 4.79 Å². The van der Waals surface area contributed by atoms with Crippen molar-refractivity contribution in [2.24, 2.45) is 0 Å². The summed E-state index contributed by atoms with van der Waals surface area (Å²) in [5, 5.41) is 0. The van der Waals surface area contributed by atoms with Crippen molar-refractivity contribution in [1.29, 1.82) is 0 Å². The molecule has 0 saturated heterocycles. The number of benzene rings is 1. The lowest BCUT2D eigenvalue weighted by molar-refractivity contribution is -0.126. The van der Waals surface area contributed by atoms with Crippen molar-refractivity contribution >= 4 is 12.0 Å². The summed E-state index contributed by atoms with van der Waals surface area (Å²) >= 11 is 0. The molecule has 2 heteroatoms. The van der Waals surface area contributed by atoms with Gasteiger partial charge in [-0.25, -0.2) is 0 Å². The number of amides is 1. The van der Waals surface area contributed by atoms with Gasteiger partial charge in [0.15, 0.2) is 0 Å². The lowest BCUT2D eigenvalue weighted by Crippen LogP contribution is -2.32. The van der Waals surface area contributed by atoms with Crippen molar-refractivity contribution in [3.8, 4) is 0 Å². The average molecular weight is 245 g/mol. The van der Waals surface area contributed by atoms with Crippen molar-refractivity contribution in [3.63, 3.8) is 0 Å². The standard InChI is InChI=1S/C16H23NO/c1-4-6-12-17(5-2)16(18)14(3)13-15-10-8-7-9-11-15/h7-11,13H,4-6,12H2,1-3H3. The van der Waals surface area contributed by atoms with E-state index < -0.39 is 0 Å². The smallest absolute Gasteiger partial charge is 0.249 e. The van der Waals surface area contributed by atoms with Crippen LogP contribution < -0.4 is 0 Å². The second-order valence-electron chi connectivity index (χ2n) is 4.48. The summed E-state index contributed by atoms with van der Waals surface area (Å²) in [7, 11) is 0. The number of hydrogen-bond donors (Lipinski definition) is 0. The van der Waals surface area contributed by atoms with E-state index in [2.05, 4.69) is 6.92 Å². The van der Waals surface area contributed by atoms with E-state index in [1.165, 1.54) is 0 Å². The molecule has 2 nitrogen and oxygen atoms in total. The maximum absolute atomic E-state index is 12.2. The first-order valence-electron chi connectivity index (χ1n) is 6.71. The Bertz CT molecular complexity index is 395. The lowest BCUT2D eigenvalue weighted by atomic mass is 10.1. The van der Waals surface area contributed by atoms with Gasteiger partial charge < -0.3 is 4.90 Å². The first-order valence-corrected chi connectivity index (χ1v) is 6.71. The summed E-state index contributed by atoms with van der Waals surface area (Å²) in [6.07, 6.45) is 4.14. The fraction of sp³-hybridized carbons (Fsp3) is 0.438. The largest absolute Gasteiger partial charge is 0.339 e. The highest BCUT2D eigenvalue weighted by Gasteiger charge is 2.12. The van der Waals surface area contributed by atoms with Crippen molar-refractivity contribution in [2.75, 3.05) is 13.1 Å². The maximum atomic E-state index is 12.2. The van der Waals surface area contributed by atoms with Crippen LogP contribution in [0.1, 0.15) is 39.2 Å². The first-order chi connectivity index (χ1) is 8.69. The van der Waals surface area contributed by atoms with Crippen LogP contribution in [0.5, 0.6) is 0 Å². The van der Waals surface area contributed by atoms with Crippen LogP contribution in [-0.2, 0) is 4.79 Å². The summed E-state index contributed by atoms with van der Waals surface area (Å²) < 4.78 is 0. The Morgan fingerprint density at radius 3 is 2.44 bits per heavy atom. The van der Waals surface area contributed by atoms with E-state index in [1.807, 2.05) is 55.2 Å². The van der Waals surface area contributed by atoms with Crippen molar-refractivity contribution in [1.82, 2.24) is 4.90 Å². The first kappa shape index (κ1) is 14.5. The summed E-state index contributed by atoms with van der Waals surface area (Å²) in [5.74, 6) is 0.148. The zero-order chi connectivity index (χ0) is 13.4. The Labute approximate surface area is 110 Å². The molecule has 1 amide bonds. The Hall–Kier alpha value is -1.57. The van der Waals surface area contributed by atoms with Crippen LogP contribution in [0, 0.1) is 0 Å². The minimum atomic E-state index is 0.148. The van der Waals surface area contributed by atoms with Crippen LogP contribution in [0.2, 0.25) is 0 Å². The Morgan fingerprint density at radius 2 is 1.89 bits per heavy atom. The van der Waals surface area contributed by atoms with Gasteiger partial charge in [-0.3, -0.25) is 4.79 Å². The molecule has 0 N–H and O–H groups in total. The van der Waals surface area contributed by atoms with E-state index in [-0.39, 0.29) is 5.91 Å². The molecule has 0 fully saturated rings. The van der Waals surface area contributed by atoms with Crippen LogP contribution in [0.15, 0.2) is 35.9 Å². The maximum Gasteiger partial charge on any atom is 0.249 e. The number of unbranched alkanes of at least 4 members (excludes halogenated alkanes) is 1. The molecular weight excluding hydrogens is 222 g/mol. The monoisotopic (exact) mass is 245 g/mol. The van der Waals surface area contributed by atoms with Crippen LogP contribution in [0.3, 0.4) is 0 Å². The minimum Gasteiger partial charge on any atom is -0.339 e. The Morgan fingerprint density at radius 1 is 1.22 bits per heavy atom. The predicted octanol–water partition coefficient (Wildman–Crippen LogP) is 3.74. The number of carbonyl (C=O) groups is 1. The quantitative estimate of drug-likeness (QED) is 0.699. The molecule has 98 valence electrons. The van der Waals surface area contributed by atoms with Crippen LogP contribution in [0.4, 0.5) is 0 Å². The normalized spacial score (nSPS) is 11.4. The lowest BCUT2D eigenvalue weighted by Gasteiger charge is -2.20. The van der Waals surface area contributed by atoms with E-state index in [0.717, 1.165) is 37.1 Å². The highest BCUT2D eigenvalue weighted by Crippen LogP contribution is 2.09. The Kier molecular flexibility index (Phi) is 6.20. The zero-order valence-electron chi connectivity index (χ0n) is 11.6. The van der Waals surface area contributed by atoms with Crippen molar-refractivity contribution in [2.45, 2.75) is 33.6 Å². The van der Waals surface area contributed by atoms with Crippen LogP contribution >= 0.6 is 0 Å². The number of nitrogens with zero attached hydrogens (tertiary/aromatic N) is 1. The summed E-state index contributed by atoms with van der Waals surface area (Å²) in [6.45, 7) is 7.70. The molecule has 1 aromatic rings.